The zero-order valence-electron chi connectivity index (χ0n) is 9.28. The molecule has 0 spiro atoms. The van der Waals surface area contributed by atoms with Crippen molar-refractivity contribution < 1.29 is 13.2 Å². The fourth-order valence-electron chi connectivity index (χ4n) is 1.87. The van der Waals surface area contributed by atoms with E-state index < -0.39 is 11.9 Å². The third-order valence-corrected chi connectivity index (χ3v) is 3.66. The van der Waals surface area contributed by atoms with Gasteiger partial charge in [0.15, 0.2) is 10.7 Å². The van der Waals surface area contributed by atoms with Gasteiger partial charge in [0.05, 0.1) is 5.69 Å². The molecular formula is C12H6ClF3N2S. The number of benzene rings is 1. The molecule has 3 rings (SSSR count). The Kier molecular flexibility index (Phi) is 2.79. The van der Waals surface area contributed by atoms with E-state index >= 15 is 0 Å². The maximum Gasteiger partial charge on any atom is 0.435 e. The van der Waals surface area contributed by atoms with Crippen molar-refractivity contribution in [2.45, 2.75) is 6.18 Å². The van der Waals surface area contributed by atoms with Gasteiger partial charge in [0.1, 0.15) is 0 Å². The van der Waals surface area contributed by atoms with Gasteiger partial charge in [-0.2, -0.15) is 13.2 Å². The normalized spacial score (nSPS) is 12.2. The lowest BCUT2D eigenvalue weighted by Crippen LogP contribution is -2.07. The third kappa shape index (κ3) is 2.11. The van der Waals surface area contributed by atoms with Crippen LogP contribution in [0.4, 0.5) is 13.2 Å². The lowest BCUT2D eigenvalue weighted by Gasteiger charge is -2.07. The summed E-state index contributed by atoms with van der Waals surface area (Å²) < 4.78 is 40.5. The molecule has 98 valence electrons. The van der Waals surface area contributed by atoms with Crippen molar-refractivity contribution in [1.82, 2.24) is 9.38 Å². The first-order valence-electron chi connectivity index (χ1n) is 5.25. The van der Waals surface area contributed by atoms with Gasteiger partial charge in [-0.1, -0.05) is 23.7 Å². The number of hydrogen-bond acceptors (Lipinski definition) is 2. The second-order valence-electron chi connectivity index (χ2n) is 3.87. The van der Waals surface area contributed by atoms with Crippen molar-refractivity contribution in [3.63, 3.8) is 0 Å². The molecule has 2 heterocycles. The van der Waals surface area contributed by atoms with Gasteiger partial charge in [-0.05, 0) is 12.1 Å². The van der Waals surface area contributed by atoms with Gasteiger partial charge >= 0.3 is 6.18 Å². The molecule has 3 aromatic rings. The number of fused-ring (bicyclic) bond motifs is 1. The molecule has 7 heteroatoms. The second kappa shape index (κ2) is 4.25. The predicted molar refractivity (Wildman–Crippen MR) is 68.5 cm³/mol. The Hall–Kier alpha value is -1.53. The molecule has 0 aliphatic heterocycles. The Labute approximate surface area is 115 Å². The van der Waals surface area contributed by atoms with Gasteiger partial charge in [-0.25, -0.2) is 4.98 Å². The molecule has 0 bridgehead atoms. The summed E-state index contributed by atoms with van der Waals surface area (Å²) in [6.07, 6.45) is -2.91. The Bertz CT molecular complexity index is 728. The van der Waals surface area contributed by atoms with E-state index in [9.17, 15) is 13.2 Å². The lowest BCUT2D eigenvalue weighted by atomic mass is 10.1. The van der Waals surface area contributed by atoms with Gasteiger partial charge in [-0.3, -0.25) is 4.40 Å². The number of alkyl halides is 3. The topological polar surface area (TPSA) is 17.3 Å². The molecule has 19 heavy (non-hydrogen) atoms. The Morgan fingerprint density at radius 2 is 1.84 bits per heavy atom. The summed E-state index contributed by atoms with van der Waals surface area (Å²) in [5, 5.41) is 2.17. The van der Waals surface area contributed by atoms with Gasteiger partial charge in [0.25, 0.3) is 0 Å². The van der Waals surface area contributed by atoms with Crippen LogP contribution in [0.3, 0.4) is 0 Å². The predicted octanol–water partition coefficient (Wildman–Crippen LogP) is 4.74. The first kappa shape index (κ1) is 12.5. The van der Waals surface area contributed by atoms with Gasteiger partial charge in [0, 0.05) is 22.2 Å². The number of hydrogen-bond donors (Lipinski definition) is 0. The Balaban J connectivity index is 2.30. The highest BCUT2D eigenvalue weighted by Gasteiger charge is 2.38. The highest BCUT2D eigenvalue weighted by molar-refractivity contribution is 7.15. The fourth-order valence-corrected chi connectivity index (χ4v) is 2.71. The fraction of sp³-hybridized carbons (Fsp3) is 0.0833. The third-order valence-electron chi connectivity index (χ3n) is 2.65. The molecule has 0 aliphatic carbocycles. The molecule has 0 atom stereocenters. The minimum Gasteiger partial charge on any atom is -0.290 e. The molecular weight excluding hydrogens is 297 g/mol. The van der Waals surface area contributed by atoms with E-state index in [4.69, 9.17) is 11.6 Å². The van der Waals surface area contributed by atoms with Gasteiger partial charge in [-0.15, -0.1) is 11.3 Å². The van der Waals surface area contributed by atoms with E-state index in [1.807, 2.05) is 0 Å². The number of aromatic nitrogens is 2. The van der Waals surface area contributed by atoms with Crippen LogP contribution in [0.2, 0.25) is 5.02 Å². The Morgan fingerprint density at radius 1 is 1.16 bits per heavy atom. The molecule has 2 nitrogen and oxygen atoms in total. The summed E-state index contributed by atoms with van der Waals surface area (Å²) in [4.78, 5) is 3.98. The number of nitrogens with zero attached hydrogens (tertiary/aromatic N) is 2. The van der Waals surface area contributed by atoms with Crippen LogP contribution >= 0.6 is 22.9 Å². The highest BCUT2D eigenvalue weighted by Crippen LogP contribution is 2.38. The molecule has 2 aromatic heterocycles. The molecule has 0 saturated carbocycles. The quantitative estimate of drug-likeness (QED) is 0.635. The minimum absolute atomic E-state index is 0.0421. The summed E-state index contributed by atoms with van der Waals surface area (Å²) in [6, 6.07) is 6.23. The van der Waals surface area contributed by atoms with Crippen molar-refractivity contribution >= 4 is 27.9 Å². The van der Waals surface area contributed by atoms with Crippen molar-refractivity contribution in [3.05, 3.63) is 46.6 Å². The maximum atomic E-state index is 13.0. The molecule has 0 fully saturated rings. The molecule has 0 saturated heterocycles. The molecule has 0 amide bonds. The van der Waals surface area contributed by atoms with Crippen LogP contribution in [-0.2, 0) is 6.18 Å². The summed E-state index contributed by atoms with van der Waals surface area (Å²) in [5.74, 6) is 0. The average molecular weight is 303 g/mol. The van der Waals surface area contributed by atoms with Crippen molar-refractivity contribution in [2.75, 3.05) is 0 Å². The second-order valence-corrected chi connectivity index (χ2v) is 5.18. The number of thiazole rings is 1. The standard InChI is InChI=1S/C12H6ClF3N2S/c13-8-3-1-7(2-4-8)9-10(12(14,15)16)17-11-18(9)5-6-19-11/h1-6H. The highest BCUT2D eigenvalue weighted by atomic mass is 35.5. The number of rotatable bonds is 1. The van der Waals surface area contributed by atoms with E-state index in [1.165, 1.54) is 4.40 Å². The minimum atomic E-state index is -4.49. The van der Waals surface area contributed by atoms with Gasteiger partial charge < -0.3 is 0 Å². The van der Waals surface area contributed by atoms with Crippen LogP contribution in [0.5, 0.6) is 0 Å². The first-order chi connectivity index (χ1) is 8.97. The Morgan fingerprint density at radius 3 is 2.47 bits per heavy atom. The summed E-state index contributed by atoms with van der Waals surface area (Å²) in [5.41, 5.74) is -0.398. The van der Waals surface area contributed by atoms with Crippen molar-refractivity contribution in [2.24, 2.45) is 0 Å². The summed E-state index contributed by atoms with van der Waals surface area (Å²) >= 11 is 6.92. The SMILES string of the molecule is FC(F)(F)c1nc2sccn2c1-c1ccc(Cl)cc1. The van der Waals surface area contributed by atoms with E-state index in [1.54, 1.807) is 35.8 Å². The molecule has 0 radical (unpaired) electrons. The lowest BCUT2D eigenvalue weighted by molar-refractivity contribution is -0.140. The largest absolute Gasteiger partial charge is 0.435 e. The monoisotopic (exact) mass is 302 g/mol. The van der Waals surface area contributed by atoms with Crippen LogP contribution in [-0.4, -0.2) is 9.38 Å². The maximum absolute atomic E-state index is 13.0. The molecule has 1 aromatic carbocycles. The molecule has 0 N–H and O–H groups in total. The van der Waals surface area contributed by atoms with E-state index in [0.29, 0.717) is 15.5 Å². The van der Waals surface area contributed by atoms with Crippen LogP contribution < -0.4 is 0 Å². The van der Waals surface area contributed by atoms with Crippen LogP contribution in [0, 0.1) is 0 Å². The smallest absolute Gasteiger partial charge is 0.290 e. The molecule has 0 aliphatic rings. The van der Waals surface area contributed by atoms with Crippen LogP contribution in [0.1, 0.15) is 5.69 Å². The zero-order chi connectivity index (χ0) is 13.6. The van der Waals surface area contributed by atoms with E-state index in [2.05, 4.69) is 4.98 Å². The van der Waals surface area contributed by atoms with Crippen LogP contribution in [0.15, 0.2) is 35.8 Å². The number of imidazole rings is 1. The average Bonchev–Trinajstić information content (AvgIpc) is 2.89. The number of halogens is 4. The van der Waals surface area contributed by atoms with E-state index in [0.717, 1.165) is 11.3 Å². The van der Waals surface area contributed by atoms with Crippen molar-refractivity contribution in [3.8, 4) is 11.3 Å². The van der Waals surface area contributed by atoms with Crippen LogP contribution in [0.25, 0.3) is 16.2 Å². The summed E-state index contributed by atoms with van der Waals surface area (Å²) in [7, 11) is 0. The first-order valence-corrected chi connectivity index (χ1v) is 6.51. The molecule has 0 unspecified atom stereocenters. The summed E-state index contributed by atoms with van der Waals surface area (Å²) in [6.45, 7) is 0. The van der Waals surface area contributed by atoms with E-state index in [-0.39, 0.29) is 5.69 Å². The zero-order valence-corrected chi connectivity index (χ0v) is 10.9. The van der Waals surface area contributed by atoms with Crippen molar-refractivity contribution in [1.29, 1.82) is 0 Å². The van der Waals surface area contributed by atoms with Gasteiger partial charge in [0.2, 0.25) is 0 Å².